The summed E-state index contributed by atoms with van der Waals surface area (Å²) in [6.45, 7) is 1.22. The van der Waals surface area contributed by atoms with E-state index in [4.69, 9.17) is 37.9 Å². The topological polar surface area (TPSA) is 94.1 Å². The Bertz CT molecular complexity index is 1740. The van der Waals surface area contributed by atoms with Crippen LogP contribution in [0.2, 0.25) is 0 Å². The van der Waals surface area contributed by atoms with Gasteiger partial charge in [0.1, 0.15) is 54.9 Å². The van der Waals surface area contributed by atoms with Gasteiger partial charge in [-0.25, -0.2) is 0 Å². The molecule has 278 valence electrons. The molecule has 1 aliphatic rings. The average molecular weight is 721 g/mol. The molecular weight excluding hydrogens is 672 g/mol. The molecule has 6 rings (SSSR count). The highest BCUT2D eigenvalue weighted by Gasteiger charge is 2.54. The van der Waals surface area contributed by atoms with Crippen LogP contribution in [0.5, 0.6) is 11.5 Å². The molecule has 1 N–H and O–H groups in total. The van der Waals surface area contributed by atoms with Gasteiger partial charge in [0.25, 0.3) is 0 Å². The van der Waals surface area contributed by atoms with Crippen LogP contribution >= 0.6 is 0 Å². The summed E-state index contributed by atoms with van der Waals surface area (Å²) >= 11 is 0. The summed E-state index contributed by atoms with van der Waals surface area (Å²) in [6.07, 6.45) is -5.19. The van der Waals surface area contributed by atoms with Crippen LogP contribution in [0.4, 0.5) is 0 Å². The number of methoxy groups -OCH3 is 2. The molecular formula is C44H48O9. The van der Waals surface area contributed by atoms with E-state index in [0.717, 1.165) is 39.3 Å². The molecule has 0 unspecified atom stereocenters. The maximum Gasteiger partial charge on any atom is 0.147 e. The van der Waals surface area contributed by atoms with Crippen LogP contribution < -0.4 is 9.47 Å². The maximum absolute atomic E-state index is 12.2. The summed E-state index contributed by atoms with van der Waals surface area (Å²) < 4.78 is 49.9. The number of aliphatic hydroxyl groups is 1. The fraction of sp³-hybridized carbons (Fsp3) is 0.318. The zero-order valence-electron chi connectivity index (χ0n) is 30.2. The van der Waals surface area contributed by atoms with Crippen LogP contribution in [0.15, 0.2) is 140 Å². The fourth-order valence-corrected chi connectivity index (χ4v) is 6.31. The molecule has 0 bridgehead atoms. The minimum Gasteiger partial charge on any atom is -0.497 e. The number of rotatable bonds is 19. The molecule has 5 aromatic rings. The number of ether oxygens (including phenoxy) is 8. The van der Waals surface area contributed by atoms with Gasteiger partial charge in [-0.05, 0) is 52.1 Å². The number of benzene rings is 5. The van der Waals surface area contributed by atoms with Crippen molar-refractivity contribution >= 4 is 0 Å². The number of aliphatic hydroxyl groups excluding tert-OH is 1. The average Bonchev–Trinajstić information content (AvgIpc) is 3.22. The summed E-state index contributed by atoms with van der Waals surface area (Å²) in [4.78, 5) is 0. The van der Waals surface area contributed by atoms with E-state index in [9.17, 15) is 5.11 Å². The molecule has 0 spiro atoms. The van der Waals surface area contributed by atoms with E-state index >= 15 is 0 Å². The molecule has 0 radical (unpaired) electrons. The second kappa shape index (κ2) is 20.0. The lowest BCUT2D eigenvalue weighted by atomic mass is 9.83. The van der Waals surface area contributed by atoms with Gasteiger partial charge in [0, 0.05) is 0 Å². The van der Waals surface area contributed by atoms with E-state index in [1.165, 1.54) is 0 Å². The van der Waals surface area contributed by atoms with Gasteiger partial charge in [0.15, 0.2) is 0 Å². The lowest BCUT2D eigenvalue weighted by molar-refractivity contribution is -0.291. The summed E-state index contributed by atoms with van der Waals surface area (Å²) in [6, 6.07) is 45.0. The van der Waals surface area contributed by atoms with Crippen molar-refractivity contribution < 1.29 is 43.0 Å². The molecule has 0 heterocycles. The normalized spacial score (nSPS) is 21.3. The summed E-state index contributed by atoms with van der Waals surface area (Å²) in [5, 5.41) is 12.2. The van der Waals surface area contributed by atoms with Crippen LogP contribution in [0.25, 0.3) is 0 Å². The molecule has 5 aromatic carbocycles. The lowest BCUT2D eigenvalue weighted by Gasteiger charge is -2.48. The van der Waals surface area contributed by atoms with Crippen LogP contribution in [0, 0.1) is 0 Å². The van der Waals surface area contributed by atoms with Gasteiger partial charge < -0.3 is 43.0 Å². The maximum atomic E-state index is 12.2. The van der Waals surface area contributed by atoms with Crippen molar-refractivity contribution in [3.05, 3.63) is 167 Å². The van der Waals surface area contributed by atoms with Crippen LogP contribution in [0.1, 0.15) is 27.8 Å². The third kappa shape index (κ3) is 11.0. The lowest BCUT2D eigenvalue weighted by Crippen LogP contribution is -2.67. The molecule has 9 heteroatoms. The highest BCUT2D eigenvalue weighted by molar-refractivity contribution is 5.28. The third-order valence-electron chi connectivity index (χ3n) is 9.20. The number of hydrogen-bond donors (Lipinski definition) is 1. The Hall–Kier alpha value is -4.58. The fourth-order valence-electron chi connectivity index (χ4n) is 6.31. The third-order valence-corrected chi connectivity index (χ3v) is 9.20. The van der Waals surface area contributed by atoms with Crippen molar-refractivity contribution in [1.29, 1.82) is 0 Å². The Kier molecular flexibility index (Phi) is 14.4. The molecule has 1 saturated carbocycles. The van der Waals surface area contributed by atoms with Crippen molar-refractivity contribution in [3.8, 4) is 11.5 Å². The van der Waals surface area contributed by atoms with Gasteiger partial charge in [-0.2, -0.15) is 0 Å². The standard InChI is InChI=1S/C44H48O9/c1-46-37-22-18-35(19-23-37)29-50-42-40(49-27-33-14-8-4-9-15-33)39(45)41(53-31-48-26-32-12-6-3-7-13-32)43(44(42)52-28-34-16-10-5-11-17-34)51-30-36-20-24-38(47-2)25-21-36/h3-25,39-45H,26-31H2,1-2H3/t39-,40-,41-,42+,43-,44-/m0/s1. The van der Waals surface area contributed by atoms with Gasteiger partial charge in [0.05, 0.1) is 47.3 Å². The van der Waals surface area contributed by atoms with E-state index in [0.29, 0.717) is 6.61 Å². The van der Waals surface area contributed by atoms with Crippen molar-refractivity contribution in [2.45, 2.75) is 69.7 Å². The molecule has 53 heavy (non-hydrogen) atoms. The monoisotopic (exact) mass is 720 g/mol. The van der Waals surface area contributed by atoms with E-state index < -0.39 is 36.6 Å². The zero-order chi connectivity index (χ0) is 36.7. The van der Waals surface area contributed by atoms with Crippen molar-refractivity contribution in [2.24, 2.45) is 0 Å². The van der Waals surface area contributed by atoms with Gasteiger partial charge in [-0.1, -0.05) is 115 Å². The van der Waals surface area contributed by atoms with E-state index in [-0.39, 0.29) is 33.2 Å². The first kappa shape index (κ1) is 38.2. The van der Waals surface area contributed by atoms with Gasteiger partial charge in [-0.3, -0.25) is 0 Å². The largest absolute Gasteiger partial charge is 0.497 e. The second-order valence-electron chi connectivity index (χ2n) is 12.8. The first-order valence-electron chi connectivity index (χ1n) is 17.8. The minimum atomic E-state index is -1.17. The predicted octanol–water partition coefficient (Wildman–Crippen LogP) is 7.28. The Labute approximate surface area is 311 Å². The molecule has 1 aliphatic carbocycles. The summed E-state index contributed by atoms with van der Waals surface area (Å²) in [5.74, 6) is 1.49. The highest BCUT2D eigenvalue weighted by atomic mass is 16.7. The first-order valence-corrected chi connectivity index (χ1v) is 17.8. The van der Waals surface area contributed by atoms with Crippen molar-refractivity contribution in [1.82, 2.24) is 0 Å². The molecule has 0 aromatic heterocycles. The van der Waals surface area contributed by atoms with Gasteiger partial charge in [0.2, 0.25) is 0 Å². The Morgan fingerprint density at radius 2 is 0.698 bits per heavy atom. The number of hydrogen-bond acceptors (Lipinski definition) is 9. The Morgan fingerprint density at radius 3 is 1.09 bits per heavy atom. The van der Waals surface area contributed by atoms with Crippen LogP contribution in [-0.2, 0) is 61.5 Å². The summed E-state index contributed by atoms with van der Waals surface area (Å²) in [5.41, 5.74) is 4.78. The minimum absolute atomic E-state index is 0.0901. The van der Waals surface area contributed by atoms with Crippen molar-refractivity contribution in [3.63, 3.8) is 0 Å². The van der Waals surface area contributed by atoms with Crippen LogP contribution in [-0.4, -0.2) is 62.7 Å². The van der Waals surface area contributed by atoms with Crippen molar-refractivity contribution in [2.75, 3.05) is 21.0 Å². The van der Waals surface area contributed by atoms with E-state index in [1.807, 2.05) is 140 Å². The van der Waals surface area contributed by atoms with Gasteiger partial charge in [-0.15, -0.1) is 0 Å². The SMILES string of the molecule is COc1ccc(CO[C@@H]2[C@@H](OCc3ccccc3)[C@H](OCc3ccc(OC)cc3)[C@@H](OCc3ccccc3)[C@H](O)[C@@H]2OCOCc2ccccc2)cc1. The zero-order valence-corrected chi connectivity index (χ0v) is 30.2. The molecule has 0 amide bonds. The molecule has 0 saturated heterocycles. The molecule has 6 atom stereocenters. The van der Waals surface area contributed by atoms with E-state index in [2.05, 4.69) is 0 Å². The highest BCUT2D eigenvalue weighted by Crippen LogP contribution is 2.34. The smallest absolute Gasteiger partial charge is 0.147 e. The Balaban J connectivity index is 1.31. The van der Waals surface area contributed by atoms with Gasteiger partial charge >= 0.3 is 0 Å². The Morgan fingerprint density at radius 1 is 0.377 bits per heavy atom. The molecule has 0 aliphatic heterocycles. The van der Waals surface area contributed by atoms with Crippen LogP contribution in [0.3, 0.4) is 0 Å². The molecule has 9 nitrogen and oxygen atoms in total. The second-order valence-corrected chi connectivity index (χ2v) is 12.8. The summed E-state index contributed by atoms with van der Waals surface area (Å²) in [7, 11) is 3.27. The predicted molar refractivity (Wildman–Crippen MR) is 200 cm³/mol. The first-order chi connectivity index (χ1) is 26.1. The quantitative estimate of drug-likeness (QED) is 0.0698. The molecule has 1 fully saturated rings. The van der Waals surface area contributed by atoms with E-state index in [1.54, 1.807) is 14.2 Å².